The number of nitrogens with zero attached hydrogens (tertiary/aromatic N) is 5. The van der Waals surface area contributed by atoms with Crippen molar-refractivity contribution < 1.29 is 14.3 Å². The number of aromatic nitrogens is 3. The lowest BCUT2D eigenvalue weighted by molar-refractivity contribution is 0.0949. The van der Waals surface area contributed by atoms with Crippen LogP contribution in [0.3, 0.4) is 0 Å². The van der Waals surface area contributed by atoms with E-state index in [1.807, 2.05) is 17.0 Å². The Hall–Kier alpha value is -3.23. The molecule has 1 aliphatic heterocycles. The van der Waals surface area contributed by atoms with Crippen molar-refractivity contribution in [1.29, 1.82) is 0 Å². The molecular formula is C18H22N6O3. The van der Waals surface area contributed by atoms with Gasteiger partial charge in [-0.2, -0.15) is 0 Å². The van der Waals surface area contributed by atoms with Gasteiger partial charge in [-0.05, 0) is 24.6 Å². The molecule has 1 fully saturated rings. The number of piperazine rings is 1. The second-order valence-electron chi connectivity index (χ2n) is 5.98. The second-order valence-corrected chi connectivity index (χ2v) is 5.98. The van der Waals surface area contributed by atoms with Crippen molar-refractivity contribution in [3.05, 3.63) is 48.0 Å². The Kier molecular flexibility index (Phi) is 6.14. The zero-order valence-electron chi connectivity index (χ0n) is 15.2. The number of pyridine rings is 1. The predicted octanol–water partition coefficient (Wildman–Crippen LogP) is 1.08. The number of nitrogens with one attached hydrogen (secondary N) is 1. The number of amides is 2. The van der Waals surface area contributed by atoms with E-state index < -0.39 is 0 Å². The van der Waals surface area contributed by atoms with Crippen LogP contribution in [0.4, 0.5) is 10.7 Å². The van der Waals surface area contributed by atoms with Crippen LogP contribution in [0.2, 0.25) is 0 Å². The van der Waals surface area contributed by atoms with Gasteiger partial charge in [0.05, 0.1) is 12.2 Å². The van der Waals surface area contributed by atoms with Crippen LogP contribution in [0.25, 0.3) is 0 Å². The molecule has 0 aliphatic carbocycles. The molecule has 1 N–H and O–H groups in total. The summed E-state index contributed by atoms with van der Waals surface area (Å²) in [5.74, 6) is 0.315. The number of hydrogen-bond acceptors (Lipinski definition) is 7. The molecule has 0 bridgehead atoms. The third-order valence-corrected chi connectivity index (χ3v) is 4.19. The smallest absolute Gasteiger partial charge is 0.409 e. The Bertz CT molecular complexity index is 760. The van der Waals surface area contributed by atoms with E-state index in [1.165, 1.54) is 12.4 Å². The first kappa shape index (κ1) is 18.6. The molecule has 1 saturated heterocycles. The molecule has 3 heterocycles. The van der Waals surface area contributed by atoms with E-state index in [0.29, 0.717) is 50.8 Å². The normalized spacial score (nSPS) is 14.0. The molecule has 1 aliphatic rings. The standard InChI is InChI=1S/C18H22N6O3/c1-2-27-18(26)24-9-7-23(8-10-24)17-21-12-15(13-22-17)16(25)20-11-14-3-5-19-6-4-14/h3-6,12-13H,2,7-11H2,1H3,(H,20,25). The van der Waals surface area contributed by atoms with Crippen molar-refractivity contribution in [3.8, 4) is 0 Å². The molecule has 0 aromatic carbocycles. The summed E-state index contributed by atoms with van der Waals surface area (Å²) in [6, 6.07) is 3.69. The molecule has 2 amide bonds. The third-order valence-electron chi connectivity index (χ3n) is 4.19. The van der Waals surface area contributed by atoms with E-state index >= 15 is 0 Å². The van der Waals surface area contributed by atoms with Crippen LogP contribution < -0.4 is 10.2 Å². The van der Waals surface area contributed by atoms with Gasteiger partial charge in [0.25, 0.3) is 5.91 Å². The molecule has 27 heavy (non-hydrogen) atoms. The molecule has 9 heteroatoms. The minimum atomic E-state index is -0.292. The van der Waals surface area contributed by atoms with Gasteiger partial charge in [-0.1, -0.05) is 0 Å². The topological polar surface area (TPSA) is 101 Å². The summed E-state index contributed by atoms with van der Waals surface area (Å²) in [6.07, 6.45) is 6.10. The lowest BCUT2D eigenvalue weighted by Crippen LogP contribution is -2.49. The summed E-state index contributed by atoms with van der Waals surface area (Å²) >= 11 is 0. The van der Waals surface area contributed by atoms with Crippen molar-refractivity contribution in [2.75, 3.05) is 37.7 Å². The fourth-order valence-corrected chi connectivity index (χ4v) is 2.69. The number of carbonyl (C=O) groups excluding carboxylic acids is 2. The Labute approximate surface area is 157 Å². The average molecular weight is 370 g/mol. The van der Waals surface area contributed by atoms with Gasteiger partial charge in [0.2, 0.25) is 5.95 Å². The number of rotatable bonds is 5. The van der Waals surface area contributed by atoms with E-state index in [4.69, 9.17) is 4.74 Å². The fourth-order valence-electron chi connectivity index (χ4n) is 2.69. The Balaban J connectivity index is 1.51. The number of hydrogen-bond donors (Lipinski definition) is 1. The van der Waals surface area contributed by atoms with Crippen LogP contribution in [0.5, 0.6) is 0 Å². The van der Waals surface area contributed by atoms with Gasteiger partial charge in [0, 0.05) is 57.5 Å². The summed E-state index contributed by atoms with van der Waals surface area (Å²) in [6.45, 7) is 4.91. The minimum absolute atomic E-state index is 0.231. The second kappa shape index (κ2) is 8.93. The zero-order chi connectivity index (χ0) is 19.1. The number of carbonyl (C=O) groups is 2. The lowest BCUT2D eigenvalue weighted by Gasteiger charge is -2.33. The summed E-state index contributed by atoms with van der Waals surface area (Å²) in [5, 5.41) is 2.83. The van der Waals surface area contributed by atoms with Gasteiger partial charge in [-0.25, -0.2) is 14.8 Å². The van der Waals surface area contributed by atoms with Crippen molar-refractivity contribution in [3.63, 3.8) is 0 Å². The van der Waals surface area contributed by atoms with E-state index in [2.05, 4.69) is 20.3 Å². The van der Waals surface area contributed by atoms with Gasteiger partial charge in [0.15, 0.2) is 0 Å². The first-order valence-corrected chi connectivity index (χ1v) is 8.83. The van der Waals surface area contributed by atoms with Gasteiger partial charge < -0.3 is 19.9 Å². The maximum atomic E-state index is 12.2. The summed E-state index contributed by atoms with van der Waals surface area (Å²) in [5.41, 5.74) is 1.37. The van der Waals surface area contributed by atoms with Crippen LogP contribution in [-0.4, -0.2) is 64.6 Å². The monoisotopic (exact) mass is 370 g/mol. The SMILES string of the molecule is CCOC(=O)N1CCN(c2ncc(C(=O)NCc3ccncc3)cn2)CC1. The molecule has 3 rings (SSSR count). The highest BCUT2D eigenvalue weighted by atomic mass is 16.6. The minimum Gasteiger partial charge on any atom is -0.450 e. The Morgan fingerprint density at radius 1 is 1.11 bits per heavy atom. The maximum Gasteiger partial charge on any atom is 0.409 e. The maximum absolute atomic E-state index is 12.2. The van der Waals surface area contributed by atoms with E-state index in [-0.39, 0.29) is 12.0 Å². The highest BCUT2D eigenvalue weighted by molar-refractivity contribution is 5.93. The molecule has 0 spiro atoms. The van der Waals surface area contributed by atoms with Crippen molar-refractivity contribution >= 4 is 17.9 Å². The molecule has 0 saturated carbocycles. The molecule has 2 aromatic heterocycles. The van der Waals surface area contributed by atoms with Crippen LogP contribution in [-0.2, 0) is 11.3 Å². The molecule has 9 nitrogen and oxygen atoms in total. The van der Waals surface area contributed by atoms with Crippen LogP contribution in [0.1, 0.15) is 22.8 Å². The van der Waals surface area contributed by atoms with Gasteiger partial charge in [-0.15, -0.1) is 0 Å². The molecule has 0 radical (unpaired) electrons. The lowest BCUT2D eigenvalue weighted by atomic mass is 10.2. The highest BCUT2D eigenvalue weighted by Gasteiger charge is 2.23. The Morgan fingerprint density at radius 2 is 1.78 bits per heavy atom. The van der Waals surface area contributed by atoms with Crippen LogP contribution >= 0.6 is 0 Å². The summed E-state index contributed by atoms with van der Waals surface area (Å²) in [4.78, 5) is 40.1. The van der Waals surface area contributed by atoms with E-state index in [1.54, 1.807) is 24.2 Å². The quantitative estimate of drug-likeness (QED) is 0.840. The van der Waals surface area contributed by atoms with Gasteiger partial charge in [0.1, 0.15) is 0 Å². The van der Waals surface area contributed by atoms with Crippen molar-refractivity contribution in [2.24, 2.45) is 0 Å². The summed E-state index contributed by atoms with van der Waals surface area (Å²) < 4.78 is 5.01. The first-order chi connectivity index (χ1) is 13.2. The van der Waals surface area contributed by atoms with Crippen molar-refractivity contribution in [1.82, 2.24) is 25.2 Å². The first-order valence-electron chi connectivity index (χ1n) is 8.83. The molecule has 2 aromatic rings. The van der Waals surface area contributed by atoms with E-state index in [9.17, 15) is 9.59 Å². The molecule has 0 atom stereocenters. The number of ether oxygens (including phenoxy) is 1. The molecule has 142 valence electrons. The Morgan fingerprint density at radius 3 is 2.41 bits per heavy atom. The summed E-state index contributed by atoms with van der Waals surface area (Å²) in [7, 11) is 0. The molecular weight excluding hydrogens is 348 g/mol. The van der Waals surface area contributed by atoms with Crippen molar-refractivity contribution in [2.45, 2.75) is 13.5 Å². The van der Waals surface area contributed by atoms with Crippen LogP contribution in [0.15, 0.2) is 36.9 Å². The van der Waals surface area contributed by atoms with E-state index in [0.717, 1.165) is 5.56 Å². The van der Waals surface area contributed by atoms with Crippen LogP contribution in [0, 0.1) is 0 Å². The largest absolute Gasteiger partial charge is 0.450 e. The highest BCUT2D eigenvalue weighted by Crippen LogP contribution is 2.12. The number of anilines is 1. The van der Waals surface area contributed by atoms with Gasteiger partial charge in [-0.3, -0.25) is 9.78 Å². The third kappa shape index (κ3) is 4.90. The van der Waals surface area contributed by atoms with Gasteiger partial charge >= 0.3 is 6.09 Å². The fraction of sp³-hybridized carbons (Fsp3) is 0.389. The average Bonchev–Trinajstić information content (AvgIpc) is 2.73. The predicted molar refractivity (Wildman–Crippen MR) is 98.2 cm³/mol. The molecule has 0 unspecified atom stereocenters. The zero-order valence-corrected chi connectivity index (χ0v) is 15.2.